The van der Waals surface area contributed by atoms with Gasteiger partial charge in [-0.05, 0) is 109 Å². The second-order valence-electron chi connectivity index (χ2n) is 18.5. The van der Waals surface area contributed by atoms with Gasteiger partial charge in [0, 0.05) is 63.4 Å². The summed E-state index contributed by atoms with van der Waals surface area (Å²) in [6.45, 7) is 0. The molecule has 0 unspecified atom stereocenters. The Morgan fingerprint density at radius 2 is 1.26 bits per heavy atom. The Kier molecular flexibility index (Phi) is 14.0. The number of anilines is 5. The second kappa shape index (κ2) is 22.1. The molecule has 0 atom stereocenters. The van der Waals surface area contributed by atoms with Gasteiger partial charge in [0.25, 0.3) is 0 Å². The maximum Gasteiger partial charge on any atom is 0.228 e. The quantitative estimate of drug-likeness (QED) is 0.0711. The van der Waals surface area contributed by atoms with Crippen LogP contribution >= 0.6 is 23.2 Å². The number of oxazole rings is 2. The lowest BCUT2D eigenvalue weighted by atomic mass is 9.96. The highest BCUT2D eigenvalue weighted by Gasteiger charge is 2.22. The molecule has 11 aromatic rings. The van der Waals surface area contributed by atoms with Crippen molar-refractivity contribution in [2.75, 3.05) is 23.1 Å². The summed E-state index contributed by atoms with van der Waals surface area (Å²) in [5.41, 5.74) is 8.09. The predicted molar refractivity (Wildman–Crippen MR) is 299 cm³/mol. The van der Waals surface area contributed by atoms with Crippen molar-refractivity contribution in [3.8, 4) is 85.5 Å². The minimum Gasteiger partial charge on any atom is -0.497 e. The number of benzene rings is 5. The molecule has 1 aliphatic carbocycles. The zero-order valence-electron chi connectivity index (χ0n) is 41.7. The van der Waals surface area contributed by atoms with E-state index in [4.69, 9.17) is 66.7 Å². The van der Waals surface area contributed by atoms with Crippen molar-refractivity contribution in [3.63, 3.8) is 0 Å². The first-order valence-corrected chi connectivity index (χ1v) is 25.9. The van der Waals surface area contributed by atoms with Crippen LogP contribution in [0.4, 0.5) is 33.6 Å². The van der Waals surface area contributed by atoms with E-state index in [0.29, 0.717) is 114 Å². The Hall–Kier alpha value is -9.32. The number of aromatic amines is 1. The minimum atomic E-state index is -0.385. The van der Waals surface area contributed by atoms with Crippen molar-refractivity contribution < 1.29 is 18.0 Å². The molecule has 386 valence electrons. The second-order valence-corrected chi connectivity index (χ2v) is 19.3. The van der Waals surface area contributed by atoms with Gasteiger partial charge in [-0.15, -0.1) is 0 Å². The van der Waals surface area contributed by atoms with Crippen molar-refractivity contribution in [1.29, 1.82) is 0 Å². The molecule has 0 bridgehead atoms. The lowest BCUT2D eigenvalue weighted by molar-refractivity contribution is 0.415. The molecular weight excluding hydrogens is 1030 g/mol. The lowest BCUT2D eigenvalue weighted by Crippen LogP contribution is -2.23. The first kappa shape index (κ1) is 49.6. The summed E-state index contributed by atoms with van der Waals surface area (Å²) in [6.07, 6.45) is 12.9. The average molecular weight is 1080 g/mol. The van der Waals surface area contributed by atoms with Crippen LogP contribution in [-0.2, 0) is 6.42 Å². The summed E-state index contributed by atoms with van der Waals surface area (Å²) in [4.78, 5) is 46.2. The number of nitrogens with one attached hydrogen (secondary N) is 4. The molecule has 0 spiro atoms. The molecule has 6 aromatic heterocycles. The number of hydrogen-bond donors (Lipinski definition) is 4. The standard InChI is InChI=1S/C59H46Cl2FN13O3/c1-76-41-17-9-16-40(27-41)69-59-72-46(29-48(74-59)51-32-65-55(77-51)34-10-4-2-5-11-34)35-12-8-13-36(26-35)56-66-33-52(78-56)49-30-47(73-58(75-49)68-39-20-18-37(62)19-21-39)42-22-23-44(60)43(54(42)61)28-53-64-31-50(70-53)45-24-25-63-57(71-45)67-38-14-6-3-7-15-38/h2,4-5,8-13,16-27,29-33,38H,3,6-7,14-15,28H2,1H3,(H,64,70)(H,63,67,71)(H,68,73,75)(H,69,72,74). The Bertz CT molecular complexity index is 3920. The molecular formula is C59H46Cl2FN13O3. The highest BCUT2D eigenvalue weighted by molar-refractivity contribution is 6.37. The first-order valence-electron chi connectivity index (χ1n) is 25.1. The number of ether oxygens (including phenoxy) is 1. The fraction of sp³-hybridized carbons (Fsp3) is 0.136. The normalized spacial score (nSPS) is 12.6. The molecule has 78 heavy (non-hydrogen) atoms. The van der Waals surface area contributed by atoms with E-state index in [0.717, 1.165) is 35.3 Å². The van der Waals surface area contributed by atoms with Crippen LogP contribution in [0.5, 0.6) is 5.75 Å². The summed E-state index contributed by atoms with van der Waals surface area (Å²) in [5.74, 6) is 3.58. The van der Waals surface area contributed by atoms with Crippen LogP contribution in [0.1, 0.15) is 43.5 Å². The van der Waals surface area contributed by atoms with Gasteiger partial charge in [0.15, 0.2) is 11.5 Å². The van der Waals surface area contributed by atoms with Crippen molar-refractivity contribution in [2.45, 2.75) is 44.6 Å². The number of rotatable bonds is 16. The third-order valence-electron chi connectivity index (χ3n) is 13.1. The van der Waals surface area contributed by atoms with Gasteiger partial charge in [-0.2, -0.15) is 0 Å². The molecule has 1 fully saturated rings. The number of H-pyrrole nitrogens is 1. The molecule has 16 nitrogen and oxygen atoms in total. The van der Waals surface area contributed by atoms with E-state index in [1.54, 1.807) is 62.2 Å². The van der Waals surface area contributed by atoms with E-state index in [2.05, 4.69) is 35.9 Å². The number of nitrogens with zero attached hydrogens (tertiary/aromatic N) is 9. The van der Waals surface area contributed by atoms with E-state index in [9.17, 15) is 4.39 Å². The zero-order chi connectivity index (χ0) is 53.0. The SMILES string of the molecule is COc1cccc(Nc2nc(-c3cccc(-c4ncc(-c5cc(-c6ccc(Cl)c(Cc7ncc(-c8ccnc(NC9CCCCC9)n8)[nH]7)c6Cl)nc(Nc6ccc(F)cc6)n5)o4)c3)cc(-c3cnc(-c4ccccc4)o3)n2)c1. The maximum absolute atomic E-state index is 14.0. The van der Waals surface area contributed by atoms with E-state index in [-0.39, 0.29) is 18.2 Å². The van der Waals surface area contributed by atoms with E-state index < -0.39 is 0 Å². The van der Waals surface area contributed by atoms with Crippen molar-refractivity contribution in [2.24, 2.45) is 0 Å². The van der Waals surface area contributed by atoms with Crippen LogP contribution in [-0.4, -0.2) is 63.0 Å². The van der Waals surface area contributed by atoms with Crippen LogP contribution in [0, 0.1) is 5.82 Å². The highest BCUT2D eigenvalue weighted by Crippen LogP contribution is 2.39. The monoisotopic (exact) mass is 1070 g/mol. The molecule has 0 saturated heterocycles. The molecule has 12 rings (SSSR count). The summed E-state index contributed by atoms with van der Waals surface area (Å²) < 4.78 is 32.3. The van der Waals surface area contributed by atoms with Crippen LogP contribution in [0.25, 0.3) is 79.7 Å². The van der Waals surface area contributed by atoms with Crippen LogP contribution in [0.2, 0.25) is 10.0 Å². The third kappa shape index (κ3) is 11.1. The Morgan fingerprint density at radius 1 is 0.590 bits per heavy atom. The molecule has 1 aliphatic rings. The Labute approximate surface area is 456 Å². The summed E-state index contributed by atoms with van der Waals surface area (Å²) >= 11 is 14.2. The topological polar surface area (TPSA) is 203 Å². The lowest BCUT2D eigenvalue weighted by Gasteiger charge is -2.22. The molecule has 6 heterocycles. The number of halogens is 3. The summed E-state index contributed by atoms with van der Waals surface area (Å²) in [6, 6.07) is 40.1. The molecule has 0 amide bonds. The van der Waals surface area contributed by atoms with Gasteiger partial charge in [0.05, 0.1) is 53.5 Å². The molecule has 19 heteroatoms. The van der Waals surface area contributed by atoms with Crippen molar-refractivity contribution in [1.82, 2.24) is 49.8 Å². The molecule has 0 aliphatic heterocycles. The first-order chi connectivity index (χ1) is 38.2. The van der Waals surface area contributed by atoms with Gasteiger partial charge in [-0.25, -0.2) is 49.2 Å². The molecule has 4 N–H and O–H groups in total. The van der Waals surface area contributed by atoms with Gasteiger partial charge >= 0.3 is 0 Å². The molecule has 1 saturated carbocycles. The van der Waals surface area contributed by atoms with Gasteiger partial charge in [0.2, 0.25) is 29.6 Å². The van der Waals surface area contributed by atoms with Crippen molar-refractivity contribution >= 4 is 52.4 Å². The van der Waals surface area contributed by atoms with Crippen LogP contribution in [0.15, 0.2) is 167 Å². The summed E-state index contributed by atoms with van der Waals surface area (Å²) in [7, 11) is 1.61. The van der Waals surface area contributed by atoms with E-state index in [1.807, 2.05) is 91.0 Å². The largest absolute Gasteiger partial charge is 0.497 e. The van der Waals surface area contributed by atoms with E-state index >= 15 is 0 Å². The van der Waals surface area contributed by atoms with Crippen LogP contribution in [0.3, 0.4) is 0 Å². The van der Waals surface area contributed by atoms with Gasteiger partial charge < -0.3 is 34.5 Å². The molecule has 5 aromatic carbocycles. The summed E-state index contributed by atoms with van der Waals surface area (Å²) in [5, 5.41) is 10.9. The predicted octanol–water partition coefficient (Wildman–Crippen LogP) is 14.7. The van der Waals surface area contributed by atoms with Gasteiger partial charge in [-0.1, -0.05) is 78.9 Å². The van der Waals surface area contributed by atoms with Crippen molar-refractivity contribution in [3.05, 3.63) is 185 Å². The molecule has 0 radical (unpaired) electrons. The Morgan fingerprint density at radius 3 is 2.03 bits per heavy atom. The zero-order valence-corrected chi connectivity index (χ0v) is 43.2. The fourth-order valence-electron chi connectivity index (χ4n) is 9.20. The van der Waals surface area contributed by atoms with Crippen LogP contribution < -0.4 is 20.7 Å². The number of aromatic nitrogens is 10. The fourth-order valence-corrected chi connectivity index (χ4v) is 9.80. The highest BCUT2D eigenvalue weighted by atomic mass is 35.5. The van der Waals surface area contributed by atoms with Gasteiger partial charge in [0.1, 0.15) is 28.8 Å². The maximum atomic E-state index is 14.0. The van der Waals surface area contributed by atoms with E-state index in [1.165, 1.54) is 31.4 Å². The number of methoxy groups -OCH3 is 1. The Balaban J connectivity index is 0.854. The average Bonchev–Trinajstić information content (AvgIpc) is 4.36. The van der Waals surface area contributed by atoms with Gasteiger partial charge in [-0.3, -0.25) is 0 Å². The third-order valence-corrected chi connectivity index (χ3v) is 13.9. The minimum absolute atomic E-state index is 0.195. The smallest absolute Gasteiger partial charge is 0.228 e. The number of hydrogen-bond acceptors (Lipinski definition) is 15. The number of imidazole rings is 1.